The molecule has 1 aromatic carbocycles. The van der Waals surface area contributed by atoms with Crippen LogP contribution in [0.25, 0.3) is 0 Å². The molecule has 6 heteroatoms. The molecule has 0 bridgehead atoms. The lowest BCUT2D eigenvalue weighted by molar-refractivity contribution is -0.158. The maximum Gasteiger partial charge on any atom is 0.320 e. The van der Waals surface area contributed by atoms with Gasteiger partial charge in [0.05, 0.1) is 14.2 Å². The van der Waals surface area contributed by atoms with E-state index in [1.165, 1.54) is 6.07 Å². The van der Waals surface area contributed by atoms with Crippen LogP contribution in [-0.2, 0) is 19.1 Å². The number of esters is 2. The van der Waals surface area contributed by atoms with E-state index in [1.807, 2.05) is 0 Å². The zero-order chi connectivity index (χ0) is 14.4. The fourth-order valence-corrected chi connectivity index (χ4v) is 1.70. The number of benzene rings is 1. The van der Waals surface area contributed by atoms with Gasteiger partial charge in [-0.05, 0) is 12.1 Å². The van der Waals surface area contributed by atoms with Crippen molar-refractivity contribution in [3.63, 3.8) is 0 Å². The zero-order valence-corrected chi connectivity index (χ0v) is 11.3. The van der Waals surface area contributed by atoms with Gasteiger partial charge in [0, 0.05) is 17.0 Å². The van der Waals surface area contributed by atoms with Crippen molar-refractivity contribution in [2.75, 3.05) is 14.2 Å². The van der Waals surface area contributed by atoms with E-state index in [0.29, 0.717) is 10.6 Å². The van der Waals surface area contributed by atoms with E-state index in [-0.39, 0.29) is 12.2 Å². The molecule has 0 saturated carbocycles. The highest BCUT2D eigenvalue weighted by Crippen LogP contribution is 2.16. The molecular weight excluding hydrogens is 272 g/mol. The van der Waals surface area contributed by atoms with E-state index < -0.39 is 17.9 Å². The van der Waals surface area contributed by atoms with Crippen molar-refractivity contribution < 1.29 is 23.9 Å². The predicted octanol–water partition coefficient (Wildman–Crippen LogP) is 1.88. The second-order valence-electron chi connectivity index (χ2n) is 3.74. The Morgan fingerprint density at radius 2 is 1.74 bits per heavy atom. The van der Waals surface area contributed by atoms with Gasteiger partial charge in [0.2, 0.25) is 0 Å². The quantitative estimate of drug-likeness (QED) is 0.469. The molecule has 19 heavy (non-hydrogen) atoms. The van der Waals surface area contributed by atoms with Crippen molar-refractivity contribution in [1.29, 1.82) is 0 Å². The normalized spacial score (nSPS) is 10.1. The largest absolute Gasteiger partial charge is 0.468 e. The smallest absolute Gasteiger partial charge is 0.320 e. The third-order valence-electron chi connectivity index (χ3n) is 2.51. The molecule has 0 heterocycles. The van der Waals surface area contributed by atoms with Crippen LogP contribution in [0.1, 0.15) is 16.8 Å². The highest BCUT2D eigenvalue weighted by atomic mass is 35.5. The van der Waals surface area contributed by atoms with Gasteiger partial charge in [-0.2, -0.15) is 0 Å². The third-order valence-corrected chi connectivity index (χ3v) is 2.74. The number of methoxy groups -OCH3 is 2. The summed E-state index contributed by atoms with van der Waals surface area (Å²) in [5, 5.41) is 0.401. The number of halogens is 1. The van der Waals surface area contributed by atoms with E-state index in [1.54, 1.807) is 18.2 Å². The number of carbonyl (C=O) groups is 3. The van der Waals surface area contributed by atoms with E-state index in [9.17, 15) is 14.4 Å². The highest BCUT2D eigenvalue weighted by molar-refractivity contribution is 6.31. The second-order valence-corrected chi connectivity index (χ2v) is 4.17. The summed E-state index contributed by atoms with van der Waals surface area (Å²) in [6.45, 7) is 0. The molecular formula is C13H13ClO5. The van der Waals surface area contributed by atoms with Crippen LogP contribution in [0.5, 0.6) is 0 Å². The fourth-order valence-electron chi connectivity index (χ4n) is 1.51. The Bertz CT molecular complexity index is 482. The molecule has 1 aromatic rings. The van der Waals surface area contributed by atoms with Crippen LogP contribution in [0.2, 0.25) is 5.02 Å². The summed E-state index contributed by atoms with van der Waals surface area (Å²) in [4.78, 5) is 34.9. The monoisotopic (exact) mass is 284 g/mol. The maximum absolute atomic E-state index is 12.0. The minimum absolute atomic E-state index is 0.320. The number of rotatable bonds is 5. The Labute approximate surface area is 115 Å². The number of hydrogen-bond donors (Lipinski definition) is 0. The third kappa shape index (κ3) is 4.06. The first-order valence-corrected chi connectivity index (χ1v) is 5.81. The van der Waals surface area contributed by atoms with Crippen molar-refractivity contribution in [3.05, 3.63) is 34.9 Å². The fraction of sp³-hybridized carbons (Fsp3) is 0.308. The molecule has 0 spiro atoms. The summed E-state index contributed by atoms with van der Waals surface area (Å²) >= 11 is 5.77. The van der Waals surface area contributed by atoms with E-state index in [4.69, 9.17) is 11.6 Å². The molecule has 0 aliphatic heterocycles. The first-order chi connectivity index (χ1) is 8.99. The second kappa shape index (κ2) is 6.89. The van der Waals surface area contributed by atoms with Gasteiger partial charge in [-0.1, -0.05) is 23.7 Å². The van der Waals surface area contributed by atoms with Gasteiger partial charge in [0.15, 0.2) is 11.7 Å². The minimum atomic E-state index is -1.26. The molecule has 0 radical (unpaired) electrons. The summed E-state index contributed by atoms with van der Waals surface area (Å²) in [5.74, 6) is -3.26. The van der Waals surface area contributed by atoms with Crippen molar-refractivity contribution in [2.45, 2.75) is 6.42 Å². The molecule has 0 aliphatic rings. The van der Waals surface area contributed by atoms with Crippen molar-refractivity contribution >= 4 is 29.3 Å². The molecule has 0 amide bonds. The SMILES string of the molecule is COC(=O)C(CC(=O)c1cccc(Cl)c1)C(=O)OC. The number of Topliss-reactive ketones (excluding diaryl/α,β-unsaturated/α-hetero) is 1. The lowest BCUT2D eigenvalue weighted by Crippen LogP contribution is -2.28. The van der Waals surface area contributed by atoms with Crippen LogP contribution in [-0.4, -0.2) is 31.9 Å². The first-order valence-electron chi connectivity index (χ1n) is 5.44. The Balaban J connectivity index is 2.88. The summed E-state index contributed by atoms with van der Waals surface area (Å²) in [6, 6.07) is 6.26. The summed E-state index contributed by atoms with van der Waals surface area (Å²) in [6.07, 6.45) is -0.320. The predicted molar refractivity (Wildman–Crippen MR) is 67.9 cm³/mol. The Morgan fingerprint density at radius 1 is 1.16 bits per heavy atom. The van der Waals surface area contributed by atoms with Gasteiger partial charge in [0.1, 0.15) is 0 Å². The van der Waals surface area contributed by atoms with Crippen molar-refractivity contribution in [2.24, 2.45) is 5.92 Å². The summed E-state index contributed by atoms with van der Waals surface area (Å²) in [7, 11) is 2.28. The van der Waals surface area contributed by atoms with Crippen LogP contribution in [0.3, 0.4) is 0 Å². The highest BCUT2D eigenvalue weighted by Gasteiger charge is 2.31. The number of ether oxygens (including phenoxy) is 2. The number of hydrogen-bond acceptors (Lipinski definition) is 5. The van der Waals surface area contributed by atoms with Crippen molar-refractivity contribution in [3.8, 4) is 0 Å². The lowest BCUT2D eigenvalue weighted by Gasteiger charge is -2.11. The maximum atomic E-state index is 12.0. The minimum Gasteiger partial charge on any atom is -0.468 e. The Hall–Kier alpha value is -1.88. The van der Waals surface area contributed by atoms with Gasteiger partial charge in [-0.25, -0.2) is 0 Å². The molecule has 0 aromatic heterocycles. The molecule has 5 nitrogen and oxygen atoms in total. The Kier molecular flexibility index (Phi) is 5.51. The van der Waals surface area contributed by atoms with Crippen molar-refractivity contribution in [1.82, 2.24) is 0 Å². The molecule has 0 atom stereocenters. The number of carbonyl (C=O) groups excluding carboxylic acids is 3. The van der Waals surface area contributed by atoms with Crippen LogP contribution >= 0.6 is 11.6 Å². The average molecular weight is 285 g/mol. The van der Waals surface area contributed by atoms with Crippen LogP contribution in [0, 0.1) is 5.92 Å². The van der Waals surface area contributed by atoms with E-state index in [0.717, 1.165) is 14.2 Å². The van der Waals surface area contributed by atoms with Crippen LogP contribution in [0.15, 0.2) is 24.3 Å². The van der Waals surface area contributed by atoms with Crippen LogP contribution < -0.4 is 0 Å². The van der Waals surface area contributed by atoms with E-state index in [2.05, 4.69) is 9.47 Å². The first kappa shape index (κ1) is 15.2. The lowest BCUT2D eigenvalue weighted by atomic mass is 9.98. The Morgan fingerprint density at radius 3 is 2.21 bits per heavy atom. The molecule has 0 unspecified atom stereocenters. The molecule has 0 N–H and O–H groups in total. The molecule has 1 rings (SSSR count). The topological polar surface area (TPSA) is 69.7 Å². The average Bonchev–Trinajstić information content (AvgIpc) is 2.42. The van der Waals surface area contributed by atoms with Gasteiger partial charge < -0.3 is 9.47 Å². The molecule has 0 aliphatic carbocycles. The summed E-state index contributed by atoms with van der Waals surface area (Å²) < 4.78 is 8.96. The standard InChI is InChI=1S/C13H13ClO5/c1-18-12(16)10(13(17)19-2)7-11(15)8-4-3-5-9(14)6-8/h3-6,10H,7H2,1-2H3. The van der Waals surface area contributed by atoms with E-state index >= 15 is 0 Å². The van der Waals surface area contributed by atoms with Gasteiger partial charge in [-0.3, -0.25) is 14.4 Å². The molecule has 102 valence electrons. The zero-order valence-electron chi connectivity index (χ0n) is 10.5. The summed E-state index contributed by atoms with van der Waals surface area (Å²) in [5.41, 5.74) is 0.324. The molecule has 0 fully saturated rings. The van der Waals surface area contributed by atoms with Gasteiger partial charge in [-0.15, -0.1) is 0 Å². The van der Waals surface area contributed by atoms with Gasteiger partial charge in [0.25, 0.3) is 0 Å². The van der Waals surface area contributed by atoms with Crippen LogP contribution in [0.4, 0.5) is 0 Å². The molecule has 0 saturated heterocycles. The van der Waals surface area contributed by atoms with Gasteiger partial charge >= 0.3 is 11.9 Å². The number of ketones is 1.